The van der Waals surface area contributed by atoms with Crippen molar-refractivity contribution in [3.8, 4) is 0 Å². The third-order valence-electron chi connectivity index (χ3n) is 5.83. The topological polar surface area (TPSA) is 206 Å². The van der Waals surface area contributed by atoms with Gasteiger partial charge in [0.15, 0.2) is 5.13 Å². The molecule has 0 aliphatic carbocycles. The second-order valence-electron chi connectivity index (χ2n) is 11.5. The molecule has 15 nitrogen and oxygen atoms in total. The highest BCUT2D eigenvalue weighted by atomic mass is 32.2. The fourth-order valence-electron chi connectivity index (χ4n) is 3.82. The molecule has 2 atom stereocenters. The van der Waals surface area contributed by atoms with Crippen LogP contribution in [-0.4, -0.2) is 82.0 Å². The Balaban J connectivity index is 1.71. The lowest BCUT2D eigenvalue weighted by molar-refractivity contribution is -0.173. The molecule has 240 valence electrons. The third kappa shape index (κ3) is 8.49. The molecule has 1 aromatic rings. The van der Waals surface area contributed by atoms with E-state index in [2.05, 4.69) is 15.6 Å². The summed E-state index contributed by atoms with van der Waals surface area (Å²) < 4.78 is 20.2. The largest absolute Gasteiger partial charge is 0.445 e. The van der Waals surface area contributed by atoms with Crippen molar-refractivity contribution in [3.05, 3.63) is 28.4 Å². The van der Waals surface area contributed by atoms with Gasteiger partial charge in [-0.1, -0.05) is 6.08 Å². The smallest absolute Gasteiger partial charge is 0.413 e. The number of rotatable bonds is 9. The summed E-state index contributed by atoms with van der Waals surface area (Å²) in [6, 6.07) is -1.01. The van der Waals surface area contributed by atoms with E-state index in [0.717, 1.165) is 16.2 Å². The van der Waals surface area contributed by atoms with Gasteiger partial charge in [-0.3, -0.25) is 24.6 Å². The van der Waals surface area contributed by atoms with Crippen molar-refractivity contribution >= 4 is 69.7 Å². The molecule has 3 heterocycles. The van der Waals surface area contributed by atoms with Gasteiger partial charge in [-0.2, -0.15) is 0 Å². The lowest BCUT2D eigenvalue weighted by Gasteiger charge is -2.49. The molecule has 0 spiro atoms. The number of anilines is 1. The number of primary amides is 1. The molecule has 1 saturated heterocycles. The summed E-state index contributed by atoms with van der Waals surface area (Å²) in [7, 11) is 0. The Morgan fingerprint density at radius 2 is 1.80 bits per heavy atom. The molecule has 44 heavy (non-hydrogen) atoms. The van der Waals surface area contributed by atoms with Crippen LogP contribution in [0.3, 0.4) is 0 Å². The van der Waals surface area contributed by atoms with E-state index in [-0.39, 0.29) is 40.0 Å². The van der Waals surface area contributed by atoms with Crippen LogP contribution in [0.1, 0.15) is 54.2 Å². The zero-order valence-electron chi connectivity index (χ0n) is 25.3. The molecule has 1 aromatic heterocycles. The number of hydrogen-bond acceptors (Lipinski definition) is 13. The summed E-state index contributed by atoms with van der Waals surface area (Å²) in [5.41, 5.74) is 4.00. The number of thioether (sulfide) groups is 1. The Labute approximate surface area is 261 Å². The van der Waals surface area contributed by atoms with Gasteiger partial charge in [0, 0.05) is 16.7 Å². The summed E-state index contributed by atoms with van der Waals surface area (Å²) in [5, 5.41) is 6.28. The van der Waals surface area contributed by atoms with Crippen LogP contribution in [-0.2, 0) is 38.1 Å². The minimum absolute atomic E-state index is 0.141. The van der Waals surface area contributed by atoms with E-state index in [4.69, 9.17) is 24.7 Å². The second kappa shape index (κ2) is 13.7. The van der Waals surface area contributed by atoms with E-state index >= 15 is 0 Å². The van der Waals surface area contributed by atoms with Crippen LogP contribution in [0.5, 0.6) is 0 Å². The number of hydrogen-bond donors (Lipinski definition) is 3. The Bertz CT molecular complexity index is 1410. The van der Waals surface area contributed by atoms with Crippen molar-refractivity contribution in [2.45, 2.75) is 65.5 Å². The first-order valence-corrected chi connectivity index (χ1v) is 15.2. The minimum atomic E-state index is -1.08. The zero-order valence-corrected chi connectivity index (χ0v) is 26.9. The van der Waals surface area contributed by atoms with Crippen LogP contribution < -0.4 is 16.4 Å². The monoisotopic (exact) mass is 653 g/mol. The highest BCUT2D eigenvalue weighted by molar-refractivity contribution is 8.00. The second-order valence-corrected chi connectivity index (χ2v) is 13.5. The number of nitrogens with two attached hydrogens (primary N) is 1. The molecule has 0 bridgehead atoms. The number of esters is 2. The lowest BCUT2D eigenvalue weighted by atomic mass is 9.98. The summed E-state index contributed by atoms with van der Waals surface area (Å²) >= 11 is 2.31. The molecule has 4 amide bonds. The standard InChI is InChI=1S/C27H35N5O10S2/c1-8-14(15-11-44-24(29-15)31-25(38)42-27(5,6)7)18(33)30-16-19(34)32-17(13(9-39-23(28)37)10-43-20(16)32)21(35)40-12-41-22(36)26(2,3)4/h8,11,16,20H,9-10,12H2,1-7H3,(H2,28,37)(H,30,33)(H,29,31,38)/b14-8-/t16-,20+/m1/s1. The Kier molecular flexibility index (Phi) is 10.7. The van der Waals surface area contributed by atoms with Crippen molar-refractivity contribution in [2.75, 3.05) is 24.5 Å². The Hall–Kier alpha value is -4.12. The third-order valence-corrected chi connectivity index (χ3v) is 7.93. The van der Waals surface area contributed by atoms with Crippen molar-refractivity contribution in [2.24, 2.45) is 11.1 Å². The van der Waals surface area contributed by atoms with Crippen LogP contribution in [0, 0.1) is 5.41 Å². The van der Waals surface area contributed by atoms with Gasteiger partial charge in [-0.25, -0.2) is 19.4 Å². The number of carbonyl (C=O) groups is 6. The van der Waals surface area contributed by atoms with Crippen molar-refractivity contribution in [1.82, 2.24) is 15.2 Å². The first-order chi connectivity index (χ1) is 20.4. The van der Waals surface area contributed by atoms with Gasteiger partial charge in [0.1, 0.15) is 29.3 Å². The molecule has 2 aliphatic heterocycles. The van der Waals surface area contributed by atoms with Crippen LogP contribution in [0.2, 0.25) is 0 Å². The molecular formula is C27H35N5O10S2. The molecule has 0 aromatic carbocycles. The highest BCUT2D eigenvalue weighted by Crippen LogP contribution is 2.41. The number of carbonyl (C=O) groups excluding carboxylic acids is 6. The highest BCUT2D eigenvalue weighted by Gasteiger charge is 2.54. The fraction of sp³-hybridized carbons (Fsp3) is 0.519. The minimum Gasteiger partial charge on any atom is -0.445 e. The molecule has 2 aliphatic rings. The molecule has 0 saturated carbocycles. The Morgan fingerprint density at radius 3 is 2.39 bits per heavy atom. The van der Waals surface area contributed by atoms with E-state index in [1.807, 2.05) is 0 Å². The molecule has 1 fully saturated rings. The van der Waals surface area contributed by atoms with E-state index in [1.54, 1.807) is 53.8 Å². The lowest BCUT2D eigenvalue weighted by Crippen LogP contribution is -2.70. The molecule has 4 N–H and O–H groups in total. The molecule has 17 heteroatoms. The van der Waals surface area contributed by atoms with Gasteiger partial charge in [0.05, 0.1) is 16.7 Å². The van der Waals surface area contributed by atoms with Gasteiger partial charge < -0.3 is 30.0 Å². The number of nitrogens with one attached hydrogen (secondary N) is 2. The van der Waals surface area contributed by atoms with Crippen molar-refractivity contribution < 1.29 is 47.7 Å². The Morgan fingerprint density at radius 1 is 1.11 bits per heavy atom. The normalized spacial score (nSPS) is 18.5. The number of amides is 4. The number of fused-ring (bicyclic) bond motifs is 1. The number of thiazole rings is 1. The van der Waals surface area contributed by atoms with E-state index in [1.165, 1.54) is 17.8 Å². The van der Waals surface area contributed by atoms with Crippen LogP contribution in [0.15, 0.2) is 22.7 Å². The average Bonchev–Trinajstić information content (AvgIpc) is 3.35. The molecular weight excluding hydrogens is 618 g/mol. The molecule has 0 unspecified atom stereocenters. The molecule has 3 rings (SSSR count). The predicted octanol–water partition coefficient (Wildman–Crippen LogP) is 2.73. The molecule has 0 radical (unpaired) electrons. The SMILES string of the molecule is C/C=C(\C(=O)N[C@@H]1C(=O)N2C(C(=O)OCOC(=O)C(C)(C)C)=C(COC(N)=O)CS[C@@H]12)c1csc(NC(=O)OC(C)(C)C)n1. The van der Waals surface area contributed by atoms with Crippen LogP contribution in [0.4, 0.5) is 14.7 Å². The van der Waals surface area contributed by atoms with Gasteiger partial charge in [0.2, 0.25) is 6.79 Å². The summed E-state index contributed by atoms with van der Waals surface area (Å²) in [6.07, 6.45) is -0.270. The number of ether oxygens (including phenoxy) is 4. The van der Waals surface area contributed by atoms with E-state index in [9.17, 15) is 28.8 Å². The number of nitrogens with zero attached hydrogens (tertiary/aromatic N) is 2. The van der Waals surface area contributed by atoms with Crippen molar-refractivity contribution in [1.29, 1.82) is 0 Å². The van der Waals surface area contributed by atoms with Gasteiger partial charge in [-0.15, -0.1) is 23.1 Å². The summed E-state index contributed by atoms with van der Waals surface area (Å²) in [6.45, 7) is 10.6. The maximum atomic E-state index is 13.3. The summed E-state index contributed by atoms with van der Waals surface area (Å²) in [5.74, 6) is -2.68. The van der Waals surface area contributed by atoms with Crippen LogP contribution in [0.25, 0.3) is 5.57 Å². The maximum absolute atomic E-state index is 13.3. The number of aromatic nitrogens is 1. The first-order valence-electron chi connectivity index (χ1n) is 13.3. The van der Waals surface area contributed by atoms with Gasteiger partial charge in [-0.05, 0) is 48.5 Å². The van der Waals surface area contributed by atoms with Crippen molar-refractivity contribution in [3.63, 3.8) is 0 Å². The average molecular weight is 654 g/mol. The zero-order chi connectivity index (χ0) is 33.0. The van der Waals surface area contributed by atoms with Gasteiger partial charge in [0.25, 0.3) is 11.8 Å². The quantitative estimate of drug-likeness (QED) is 0.116. The number of β-lactam (4-membered cyclic amide) rings is 1. The van der Waals surface area contributed by atoms with Gasteiger partial charge >= 0.3 is 24.1 Å². The van der Waals surface area contributed by atoms with Crippen LogP contribution >= 0.6 is 23.1 Å². The number of allylic oxidation sites excluding steroid dienone is 1. The fourth-order valence-corrected chi connectivity index (χ4v) is 5.85. The van der Waals surface area contributed by atoms with E-state index in [0.29, 0.717) is 0 Å². The predicted molar refractivity (Wildman–Crippen MR) is 160 cm³/mol. The first kappa shape index (κ1) is 34.4. The summed E-state index contributed by atoms with van der Waals surface area (Å²) in [4.78, 5) is 80.3. The van der Waals surface area contributed by atoms with E-state index < -0.39 is 65.2 Å². The maximum Gasteiger partial charge on any atom is 0.413 e.